The van der Waals surface area contributed by atoms with Gasteiger partial charge in [-0.2, -0.15) is 9.78 Å². The van der Waals surface area contributed by atoms with Gasteiger partial charge in [-0.3, -0.25) is 9.78 Å². The molecule has 122 valence electrons. The van der Waals surface area contributed by atoms with Crippen LogP contribution in [-0.4, -0.2) is 40.8 Å². The number of aromatic nitrogens is 6. The number of hydrogen-bond donors (Lipinski definition) is 1. The average molecular weight is 326 g/mol. The lowest BCUT2D eigenvalue weighted by Crippen LogP contribution is -2.27. The van der Waals surface area contributed by atoms with Crippen molar-refractivity contribution in [3.63, 3.8) is 0 Å². The Morgan fingerprint density at radius 2 is 2.04 bits per heavy atom. The number of aromatic carboxylic acids is 1. The van der Waals surface area contributed by atoms with Crippen LogP contribution in [0.2, 0.25) is 0 Å². The summed E-state index contributed by atoms with van der Waals surface area (Å²) in [5.41, 5.74) is 1.57. The maximum atomic E-state index is 12.5. The highest BCUT2D eigenvalue weighted by atomic mass is 16.4. The Bertz CT molecular complexity index is 975. The highest BCUT2D eigenvalue weighted by molar-refractivity contribution is 5.85. The molecular formula is C15H14N6O3. The molecule has 3 aromatic rings. The standard InChI is InChI=1S/C15H14N6O3/c1-3-9-5-12(15(23)24)18-21(14(9)22)11-4-10(6-16-7-11)13-8-17-19-20(13)2/h4-8H,3H2,1-2H3,(H,23,24). The highest BCUT2D eigenvalue weighted by Gasteiger charge is 2.14. The summed E-state index contributed by atoms with van der Waals surface area (Å²) < 4.78 is 2.63. The van der Waals surface area contributed by atoms with Crippen molar-refractivity contribution in [2.24, 2.45) is 7.05 Å². The van der Waals surface area contributed by atoms with Gasteiger partial charge in [0, 0.05) is 24.4 Å². The van der Waals surface area contributed by atoms with E-state index >= 15 is 0 Å². The Morgan fingerprint density at radius 1 is 1.25 bits per heavy atom. The monoisotopic (exact) mass is 326 g/mol. The summed E-state index contributed by atoms with van der Waals surface area (Å²) in [6.45, 7) is 1.78. The first-order valence-electron chi connectivity index (χ1n) is 7.18. The lowest BCUT2D eigenvalue weighted by atomic mass is 10.2. The predicted molar refractivity (Wildman–Crippen MR) is 84.0 cm³/mol. The summed E-state index contributed by atoms with van der Waals surface area (Å²) in [5.74, 6) is -1.20. The fourth-order valence-electron chi connectivity index (χ4n) is 2.31. The molecule has 0 saturated heterocycles. The van der Waals surface area contributed by atoms with Crippen molar-refractivity contribution < 1.29 is 9.90 Å². The molecule has 0 unspecified atom stereocenters. The summed E-state index contributed by atoms with van der Waals surface area (Å²) >= 11 is 0. The van der Waals surface area contributed by atoms with Crippen LogP contribution in [0, 0.1) is 0 Å². The van der Waals surface area contributed by atoms with E-state index < -0.39 is 5.97 Å². The van der Waals surface area contributed by atoms with Crippen LogP contribution in [0.4, 0.5) is 0 Å². The summed E-state index contributed by atoms with van der Waals surface area (Å²) in [5, 5.41) is 20.8. The van der Waals surface area contributed by atoms with Gasteiger partial charge in [0.1, 0.15) is 0 Å². The highest BCUT2D eigenvalue weighted by Crippen LogP contribution is 2.18. The van der Waals surface area contributed by atoms with Gasteiger partial charge >= 0.3 is 5.97 Å². The molecule has 0 bridgehead atoms. The van der Waals surface area contributed by atoms with Gasteiger partial charge in [0.25, 0.3) is 5.56 Å². The molecule has 0 radical (unpaired) electrons. The average Bonchev–Trinajstić information content (AvgIpc) is 3.01. The Kier molecular flexibility index (Phi) is 3.90. The van der Waals surface area contributed by atoms with Gasteiger partial charge in [-0.1, -0.05) is 12.1 Å². The second-order valence-electron chi connectivity index (χ2n) is 5.11. The number of hydrogen-bond acceptors (Lipinski definition) is 6. The van der Waals surface area contributed by atoms with E-state index in [0.717, 1.165) is 4.68 Å². The molecule has 0 spiro atoms. The summed E-state index contributed by atoms with van der Waals surface area (Å²) in [6, 6.07) is 2.98. The van der Waals surface area contributed by atoms with E-state index in [4.69, 9.17) is 0 Å². The van der Waals surface area contributed by atoms with Crippen molar-refractivity contribution in [1.82, 2.24) is 29.8 Å². The van der Waals surface area contributed by atoms with E-state index in [1.165, 1.54) is 12.3 Å². The maximum absolute atomic E-state index is 12.5. The van der Waals surface area contributed by atoms with Crippen LogP contribution in [0.5, 0.6) is 0 Å². The molecule has 3 aromatic heterocycles. The number of carbonyl (C=O) groups is 1. The SMILES string of the molecule is CCc1cc(C(=O)O)nn(-c2cncc(-c3cnnn3C)c2)c1=O. The zero-order valence-corrected chi connectivity index (χ0v) is 13.0. The third-order valence-electron chi connectivity index (χ3n) is 3.56. The quantitative estimate of drug-likeness (QED) is 0.749. The van der Waals surface area contributed by atoms with Crippen LogP contribution >= 0.6 is 0 Å². The normalized spacial score (nSPS) is 10.8. The van der Waals surface area contributed by atoms with Gasteiger partial charge in [0.05, 0.1) is 23.8 Å². The minimum absolute atomic E-state index is 0.195. The van der Waals surface area contributed by atoms with E-state index in [-0.39, 0.29) is 11.3 Å². The van der Waals surface area contributed by atoms with Crippen LogP contribution in [0.1, 0.15) is 23.0 Å². The molecule has 0 aliphatic rings. The fourth-order valence-corrected chi connectivity index (χ4v) is 2.31. The van der Waals surface area contributed by atoms with Crippen molar-refractivity contribution in [2.75, 3.05) is 0 Å². The smallest absolute Gasteiger partial charge is 0.356 e. The summed E-state index contributed by atoms with van der Waals surface area (Å²) in [7, 11) is 1.74. The van der Waals surface area contributed by atoms with Gasteiger partial charge in [0.15, 0.2) is 5.69 Å². The molecule has 24 heavy (non-hydrogen) atoms. The maximum Gasteiger partial charge on any atom is 0.356 e. The van der Waals surface area contributed by atoms with Crippen LogP contribution in [0.3, 0.4) is 0 Å². The first kappa shape index (κ1) is 15.5. The zero-order valence-electron chi connectivity index (χ0n) is 13.0. The number of carboxylic acid groups (broad SMARTS) is 1. The van der Waals surface area contributed by atoms with Gasteiger partial charge < -0.3 is 5.11 Å². The molecule has 0 aromatic carbocycles. The lowest BCUT2D eigenvalue weighted by Gasteiger charge is -2.09. The van der Waals surface area contributed by atoms with Gasteiger partial charge in [0.2, 0.25) is 0 Å². The van der Waals surface area contributed by atoms with Crippen molar-refractivity contribution in [3.8, 4) is 16.9 Å². The molecule has 0 saturated carbocycles. The predicted octanol–water partition coefficient (Wildman–Crippen LogP) is 0.684. The van der Waals surface area contributed by atoms with Crippen LogP contribution < -0.4 is 5.56 Å². The summed E-state index contributed by atoms with van der Waals surface area (Å²) in [6.07, 6.45) is 5.03. The third-order valence-corrected chi connectivity index (χ3v) is 3.56. The van der Waals surface area contributed by atoms with E-state index in [0.29, 0.717) is 28.9 Å². The minimum atomic E-state index is -1.20. The van der Waals surface area contributed by atoms with Gasteiger partial charge in [-0.25, -0.2) is 9.48 Å². The number of pyridine rings is 1. The first-order chi connectivity index (χ1) is 11.5. The van der Waals surface area contributed by atoms with Crippen molar-refractivity contribution in [3.05, 3.63) is 52.3 Å². The van der Waals surface area contributed by atoms with Crippen LogP contribution in [0.15, 0.2) is 35.5 Å². The Labute approximate surface area is 136 Å². The number of carboxylic acids is 1. The summed E-state index contributed by atoms with van der Waals surface area (Å²) in [4.78, 5) is 27.9. The van der Waals surface area contributed by atoms with Crippen LogP contribution in [0.25, 0.3) is 16.9 Å². The molecule has 0 amide bonds. The second kappa shape index (κ2) is 6.03. The molecule has 1 N–H and O–H groups in total. The largest absolute Gasteiger partial charge is 0.476 e. The first-order valence-corrected chi connectivity index (χ1v) is 7.18. The van der Waals surface area contributed by atoms with E-state index in [9.17, 15) is 14.7 Å². The molecule has 3 rings (SSSR count). The second-order valence-corrected chi connectivity index (χ2v) is 5.11. The molecule has 3 heterocycles. The Balaban J connectivity index is 2.19. The van der Waals surface area contributed by atoms with Gasteiger partial charge in [-0.05, 0) is 18.6 Å². The van der Waals surface area contributed by atoms with E-state index in [1.54, 1.807) is 37.1 Å². The Hall–Kier alpha value is -3.36. The molecular weight excluding hydrogens is 312 g/mol. The third kappa shape index (κ3) is 2.67. The molecule has 0 aliphatic heterocycles. The molecule has 0 aliphatic carbocycles. The zero-order chi connectivity index (χ0) is 17.3. The number of aryl methyl sites for hydroxylation is 2. The van der Waals surface area contributed by atoms with Crippen molar-refractivity contribution in [1.29, 1.82) is 0 Å². The van der Waals surface area contributed by atoms with Crippen LogP contribution in [-0.2, 0) is 13.5 Å². The molecule has 9 nitrogen and oxygen atoms in total. The van der Waals surface area contributed by atoms with Crippen molar-refractivity contribution in [2.45, 2.75) is 13.3 Å². The molecule has 0 atom stereocenters. The van der Waals surface area contributed by atoms with Crippen molar-refractivity contribution >= 4 is 5.97 Å². The number of rotatable bonds is 4. The topological polar surface area (TPSA) is 116 Å². The van der Waals surface area contributed by atoms with Gasteiger partial charge in [-0.15, -0.1) is 5.10 Å². The number of nitrogens with zero attached hydrogens (tertiary/aromatic N) is 6. The van der Waals surface area contributed by atoms with E-state index in [2.05, 4.69) is 20.4 Å². The molecule has 0 fully saturated rings. The fraction of sp³-hybridized carbons (Fsp3) is 0.200. The lowest BCUT2D eigenvalue weighted by molar-refractivity contribution is 0.0688. The minimum Gasteiger partial charge on any atom is -0.476 e. The Morgan fingerprint density at radius 3 is 2.67 bits per heavy atom. The van der Waals surface area contributed by atoms with E-state index in [1.807, 2.05) is 0 Å². The molecule has 9 heteroatoms.